The van der Waals surface area contributed by atoms with Gasteiger partial charge >= 0.3 is 12.0 Å². The van der Waals surface area contributed by atoms with E-state index in [1.165, 1.54) is 12.8 Å². The largest absolute Gasteiger partial charge is 0.480 e. The smallest absolute Gasteiger partial charge is 0.326 e. The van der Waals surface area contributed by atoms with Crippen molar-refractivity contribution in [2.45, 2.75) is 64.5 Å². The molecule has 1 atom stereocenters. The van der Waals surface area contributed by atoms with Gasteiger partial charge < -0.3 is 15.7 Å². The van der Waals surface area contributed by atoms with E-state index in [1.54, 1.807) is 13.8 Å². The zero-order valence-corrected chi connectivity index (χ0v) is 11.2. The zero-order chi connectivity index (χ0) is 13.5. The molecule has 5 nitrogen and oxygen atoms in total. The topological polar surface area (TPSA) is 78.4 Å². The first-order chi connectivity index (χ1) is 8.50. The normalized spacial score (nSPS) is 19.1. The average molecular weight is 256 g/mol. The van der Waals surface area contributed by atoms with Gasteiger partial charge in [-0.15, -0.1) is 0 Å². The molecule has 0 aromatic rings. The van der Waals surface area contributed by atoms with E-state index >= 15 is 0 Å². The van der Waals surface area contributed by atoms with Crippen molar-refractivity contribution in [2.75, 3.05) is 0 Å². The van der Waals surface area contributed by atoms with Crippen LogP contribution in [0.2, 0.25) is 0 Å². The first kappa shape index (κ1) is 14.8. The number of hydrogen-bond donors (Lipinski definition) is 3. The quantitative estimate of drug-likeness (QED) is 0.674. The third kappa shape index (κ3) is 4.94. The van der Waals surface area contributed by atoms with Crippen LogP contribution in [0.5, 0.6) is 0 Å². The third-order valence-corrected chi connectivity index (χ3v) is 3.41. The van der Waals surface area contributed by atoms with Crippen LogP contribution in [0.4, 0.5) is 4.79 Å². The Hall–Kier alpha value is -1.26. The van der Waals surface area contributed by atoms with Gasteiger partial charge in [0.15, 0.2) is 0 Å². The second-order valence-corrected chi connectivity index (χ2v) is 5.37. The van der Waals surface area contributed by atoms with Crippen LogP contribution in [0, 0.1) is 5.92 Å². The van der Waals surface area contributed by atoms with Crippen LogP contribution in [-0.4, -0.2) is 29.2 Å². The van der Waals surface area contributed by atoms with Crippen molar-refractivity contribution in [1.82, 2.24) is 10.6 Å². The molecule has 1 aliphatic rings. The lowest BCUT2D eigenvalue weighted by atomic mass is 10.1. The Balaban J connectivity index is 2.41. The number of carboxylic acid groups (broad SMARTS) is 1. The van der Waals surface area contributed by atoms with Gasteiger partial charge in [0, 0.05) is 6.04 Å². The monoisotopic (exact) mass is 256 g/mol. The number of rotatable bonds is 4. The molecule has 0 heterocycles. The predicted octanol–water partition coefficient (Wildman–Crippen LogP) is 2.12. The molecule has 0 aromatic carbocycles. The summed E-state index contributed by atoms with van der Waals surface area (Å²) in [6.45, 7) is 3.56. The summed E-state index contributed by atoms with van der Waals surface area (Å²) in [7, 11) is 0. The van der Waals surface area contributed by atoms with Crippen LogP contribution in [0.3, 0.4) is 0 Å². The van der Waals surface area contributed by atoms with Crippen LogP contribution in [0.25, 0.3) is 0 Å². The molecule has 0 aromatic heterocycles. The van der Waals surface area contributed by atoms with Crippen molar-refractivity contribution in [3.8, 4) is 0 Å². The summed E-state index contributed by atoms with van der Waals surface area (Å²) in [6, 6.07) is -0.993. The van der Waals surface area contributed by atoms with Gasteiger partial charge in [-0.05, 0) is 18.8 Å². The molecular weight excluding hydrogens is 232 g/mol. The van der Waals surface area contributed by atoms with E-state index in [2.05, 4.69) is 10.6 Å². The lowest BCUT2D eigenvalue weighted by Gasteiger charge is -2.21. The Morgan fingerprint density at radius 1 is 1.11 bits per heavy atom. The number of nitrogens with one attached hydrogen (secondary N) is 2. The molecule has 3 N–H and O–H groups in total. The maximum atomic E-state index is 11.8. The molecule has 1 aliphatic carbocycles. The van der Waals surface area contributed by atoms with Gasteiger partial charge in [-0.1, -0.05) is 39.5 Å². The first-order valence-corrected chi connectivity index (χ1v) is 6.80. The van der Waals surface area contributed by atoms with Gasteiger partial charge in [0.25, 0.3) is 0 Å². The second kappa shape index (κ2) is 7.24. The van der Waals surface area contributed by atoms with Crippen LogP contribution in [0.15, 0.2) is 0 Å². The van der Waals surface area contributed by atoms with Crippen LogP contribution in [-0.2, 0) is 4.79 Å². The number of hydrogen-bond acceptors (Lipinski definition) is 2. The summed E-state index contributed by atoms with van der Waals surface area (Å²) in [4.78, 5) is 22.7. The maximum Gasteiger partial charge on any atom is 0.326 e. The highest BCUT2D eigenvalue weighted by molar-refractivity contribution is 5.82. The van der Waals surface area contributed by atoms with E-state index in [4.69, 9.17) is 5.11 Å². The number of carbonyl (C=O) groups excluding carboxylic acids is 1. The minimum absolute atomic E-state index is 0.123. The Morgan fingerprint density at radius 3 is 2.11 bits per heavy atom. The molecule has 18 heavy (non-hydrogen) atoms. The SMILES string of the molecule is CC(C)[C@H](NC(=O)NC1CCCCCC1)C(=O)O. The van der Waals surface area contributed by atoms with E-state index in [0.717, 1.165) is 25.7 Å². The molecule has 5 heteroatoms. The fraction of sp³-hybridized carbons (Fsp3) is 0.846. The Kier molecular flexibility index (Phi) is 5.95. The first-order valence-electron chi connectivity index (χ1n) is 6.80. The van der Waals surface area contributed by atoms with Crippen LogP contribution in [0.1, 0.15) is 52.4 Å². The summed E-state index contributed by atoms with van der Waals surface area (Å²) < 4.78 is 0. The van der Waals surface area contributed by atoms with Crippen molar-refractivity contribution in [2.24, 2.45) is 5.92 Å². The molecule has 2 amide bonds. The van der Waals surface area contributed by atoms with E-state index in [1.807, 2.05) is 0 Å². The predicted molar refractivity (Wildman–Crippen MR) is 69.4 cm³/mol. The molecule has 0 unspecified atom stereocenters. The van der Waals surface area contributed by atoms with E-state index < -0.39 is 12.0 Å². The van der Waals surface area contributed by atoms with Crippen molar-refractivity contribution >= 4 is 12.0 Å². The highest BCUT2D eigenvalue weighted by atomic mass is 16.4. The van der Waals surface area contributed by atoms with E-state index in [9.17, 15) is 9.59 Å². The molecule has 1 rings (SSSR count). The molecule has 0 spiro atoms. The molecule has 0 saturated heterocycles. The fourth-order valence-electron chi connectivity index (χ4n) is 2.31. The number of aliphatic carboxylic acids is 1. The van der Waals surface area contributed by atoms with Gasteiger partial charge in [-0.25, -0.2) is 9.59 Å². The minimum Gasteiger partial charge on any atom is -0.480 e. The lowest BCUT2D eigenvalue weighted by molar-refractivity contribution is -0.140. The fourth-order valence-corrected chi connectivity index (χ4v) is 2.31. The second-order valence-electron chi connectivity index (χ2n) is 5.37. The number of carboxylic acids is 1. The Morgan fingerprint density at radius 2 is 1.67 bits per heavy atom. The summed E-state index contributed by atoms with van der Waals surface area (Å²) in [5, 5.41) is 14.4. The maximum absolute atomic E-state index is 11.8. The molecule has 0 bridgehead atoms. The molecule has 104 valence electrons. The number of carbonyl (C=O) groups is 2. The van der Waals surface area contributed by atoms with Crippen molar-refractivity contribution in [3.63, 3.8) is 0 Å². The van der Waals surface area contributed by atoms with Gasteiger partial charge in [0.2, 0.25) is 0 Å². The molecule has 1 fully saturated rings. The summed E-state index contributed by atoms with van der Waals surface area (Å²) in [5.74, 6) is -1.11. The molecule has 0 radical (unpaired) electrons. The Labute approximate surface area is 108 Å². The highest BCUT2D eigenvalue weighted by Gasteiger charge is 2.24. The van der Waals surface area contributed by atoms with Crippen LogP contribution >= 0.6 is 0 Å². The third-order valence-electron chi connectivity index (χ3n) is 3.41. The molecule has 0 aliphatic heterocycles. The van der Waals surface area contributed by atoms with Gasteiger partial charge in [-0.2, -0.15) is 0 Å². The summed E-state index contributed by atoms with van der Waals surface area (Å²) >= 11 is 0. The minimum atomic E-state index is -0.985. The van der Waals surface area contributed by atoms with Crippen molar-refractivity contribution in [3.05, 3.63) is 0 Å². The standard InChI is InChI=1S/C13H24N2O3/c1-9(2)11(12(16)17)15-13(18)14-10-7-5-3-4-6-8-10/h9-11H,3-8H2,1-2H3,(H,16,17)(H2,14,15,18)/t11-/m0/s1. The van der Waals surface area contributed by atoms with E-state index in [0.29, 0.717) is 0 Å². The van der Waals surface area contributed by atoms with E-state index in [-0.39, 0.29) is 18.0 Å². The number of amides is 2. The molecule has 1 saturated carbocycles. The zero-order valence-electron chi connectivity index (χ0n) is 11.2. The van der Waals surface area contributed by atoms with Crippen molar-refractivity contribution in [1.29, 1.82) is 0 Å². The average Bonchev–Trinajstić information content (AvgIpc) is 2.53. The van der Waals surface area contributed by atoms with Gasteiger partial charge in [-0.3, -0.25) is 0 Å². The van der Waals surface area contributed by atoms with Gasteiger partial charge in [0.1, 0.15) is 6.04 Å². The van der Waals surface area contributed by atoms with Crippen molar-refractivity contribution < 1.29 is 14.7 Å². The van der Waals surface area contributed by atoms with Gasteiger partial charge in [0.05, 0.1) is 0 Å². The number of urea groups is 1. The highest BCUT2D eigenvalue weighted by Crippen LogP contribution is 2.17. The van der Waals surface area contributed by atoms with Crippen LogP contribution < -0.4 is 10.6 Å². The lowest BCUT2D eigenvalue weighted by Crippen LogP contribution is -2.50. The Bertz CT molecular complexity index is 284. The summed E-state index contributed by atoms with van der Waals surface area (Å²) in [6.07, 6.45) is 6.71. The molecular formula is C13H24N2O3. The summed E-state index contributed by atoms with van der Waals surface area (Å²) in [5.41, 5.74) is 0.